The second kappa shape index (κ2) is 6.69. The van der Waals surface area contributed by atoms with Crippen LogP contribution in [0.5, 0.6) is 5.75 Å². The van der Waals surface area contributed by atoms with Crippen LogP contribution in [0.4, 0.5) is 0 Å². The molecule has 0 unspecified atom stereocenters. The summed E-state index contributed by atoms with van der Waals surface area (Å²) in [4.78, 5) is 0. The maximum atomic E-state index is 6.15. The molecule has 0 aliphatic carbocycles. The molecule has 0 aliphatic rings. The molecule has 0 saturated heterocycles. The van der Waals surface area contributed by atoms with E-state index in [1.54, 1.807) is 0 Å². The molecule has 0 aromatic heterocycles. The van der Waals surface area contributed by atoms with Crippen molar-refractivity contribution in [2.75, 3.05) is 12.4 Å². The van der Waals surface area contributed by atoms with Gasteiger partial charge in [0.1, 0.15) is 5.75 Å². The Balaban J connectivity index is 2.89. The molecule has 0 fully saturated rings. The SMILES string of the molecule is CCC(CC)(CS)COc1ccccc1C(C)(C)C. The number of rotatable bonds is 6. The first kappa shape index (κ1) is 16.4. The van der Waals surface area contributed by atoms with E-state index in [-0.39, 0.29) is 10.8 Å². The van der Waals surface area contributed by atoms with Crippen molar-refractivity contribution in [3.8, 4) is 5.75 Å². The Morgan fingerprint density at radius 1 is 1.05 bits per heavy atom. The van der Waals surface area contributed by atoms with E-state index in [0.29, 0.717) is 0 Å². The first-order chi connectivity index (χ1) is 8.88. The van der Waals surface area contributed by atoms with Crippen molar-refractivity contribution in [2.24, 2.45) is 5.41 Å². The quantitative estimate of drug-likeness (QED) is 0.713. The second-order valence-corrected chi connectivity index (χ2v) is 6.72. The average molecular weight is 280 g/mol. The molecule has 0 aliphatic heterocycles. The number of thiol groups is 1. The molecule has 0 radical (unpaired) electrons. The maximum Gasteiger partial charge on any atom is 0.123 e. The zero-order valence-corrected chi connectivity index (χ0v) is 13.9. The summed E-state index contributed by atoms with van der Waals surface area (Å²) in [7, 11) is 0. The third-order valence-electron chi connectivity index (χ3n) is 4.06. The van der Waals surface area contributed by atoms with Gasteiger partial charge in [-0.1, -0.05) is 52.8 Å². The van der Waals surface area contributed by atoms with Gasteiger partial charge in [0.2, 0.25) is 0 Å². The molecule has 0 atom stereocenters. The Kier molecular flexibility index (Phi) is 5.79. The van der Waals surface area contributed by atoms with Gasteiger partial charge in [0.25, 0.3) is 0 Å². The fourth-order valence-corrected chi connectivity index (χ4v) is 2.70. The average Bonchev–Trinajstić information content (AvgIpc) is 2.40. The highest BCUT2D eigenvalue weighted by atomic mass is 32.1. The second-order valence-electron chi connectivity index (χ2n) is 6.40. The van der Waals surface area contributed by atoms with Gasteiger partial charge in [-0.05, 0) is 35.6 Å². The van der Waals surface area contributed by atoms with Crippen LogP contribution in [0.25, 0.3) is 0 Å². The molecule has 2 heteroatoms. The van der Waals surface area contributed by atoms with Crippen molar-refractivity contribution >= 4 is 12.6 Å². The van der Waals surface area contributed by atoms with E-state index >= 15 is 0 Å². The van der Waals surface area contributed by atoms with Crippen molar-refractivity contribution < 1.29 is 4.74 Å². The molecule has 108 valence electrons. The van der Waals surface area contributed by atoms with Gasteiger partial charge >= 0.3 is 0 Å². The van der Waals surface area contributed by atoms with Crippen molar-refractivity contribution in [2.45, 2.75) is 52.9 Å². The van der Waals surface area contributed by atoms with Crippen LogP contribution in [0.3, 0.4) is 0 Å². The third-order valence-corrected chi connectivity index (χ3v) is 4.74. The van der Waals surface area contributed by atoms with Crippen LogP contribution in [0.15, 0.2) is 24.3 Å². The van der Waals surface area contributed by atoms with Crippen LogP contribution >= 0.6 is 12.6 Å². The maximum absolute atomic E-state index is 6.15. The minimum absolute atomic E-state index is 0.110. The highest BCUT2D eigenvalue weighted by Crippen LogP contribution is 2.34. The van der Waals surface area contributed by atoms with Crippen LogP contribution in [0.1, 0.15) is 53.0 Å². The molecule has 1 rings (SSSR count). The van der Waals surface area contributed by atoms with Gasteiger partial charge in [-0.25, -0.2) is 0 Å². The van der Waals surface area contributed by atoms with Crippen LogP contribution in [0, 0.1) is 5.41 Å². The van der Waals surface area contributed by atoms with Gasteiger partial charge in [-0.3, -0.25) is 0 Å². The zero-order chi connectivity index (χ0) is 14.5. The lowest BCUT2D eigenvalue weighted by Crippen LogP contribution is -2.29. The van der Waals surface area contributed by atoms with Gasteiger partial charge in [0.15, 0.2) is 0 Å². The molecular formula is C17H28OS. The van der Waals surface area contributed by atoms with Crippen LogP contribution in [-0.4, -0.2) is 12.4 Å². The summed E-state index contributed by atoms with van der Waals surface area (Å²) >= 11 is 4.51. The molecule has 0 amide bonds. The molecule has 0 bridgehead atoms. The van der Waals surface area contributed by atoms with Gasteiger partial charge < -0.3 is 4.74 Å². The van der Waals surface area contributed by atoms with Crippen molar-refractivity contribution in [1.29, 1.82) is 0 Å². The lowest BCUT2D eigenvalue weighted by atomic mass is 9.84. The van der Waals surface area contributed by atoms with Crippen molar-refractivity contribution in [3.63, 3.8) is 0 Å². The number of para-hydroxylation sites is 1. The van der Waals surface area contributed by atoms with Crippen LogP contribution < -0.4 is 4.74 Å². The normalized spacial score (nSPS) is 12.5. The Morgan fingerprint density at radius 2 is 1.63 bits per heavy atom. The summed E-state index contributed by atoms with van der Waals surface area (Å²) in [6, 6.07) is 8.37. The number of hydrogen-bond acceptors (Lipinski definition) is 2. The summed E-state index contributed by atoms with van der Waals surface area (Å²) < 4.78 is 6.15. The standard InChI is InChI=1S/C17H28OS/c1-6-17(7-2,13-19)12-18-15-11-9-8-10-14(15)16(3,4)5/h8-11,19H,6-7,12-13H2,1-5H3. The predicted molar refractivity (Wildman–Crippen MR) is 87.5 cm³/mol. The summed E-state index contributed by atoms with van der Waals surface area (Å²) in [5.74, 6) is 1.89. The van der Waals surface area contributed by atoms with Gasteiger partial charge in [0, 0.05) is 5.41 Å². The molecule has 1 nitrogen and oxygen atoms in total. The van der Waals surface area contributed by atoms with Crippen LogP contribution in [-0.2, 0) is 5.41 Å². The minimum atomic E-state index is 0.110. The van der Waals surface area contributed by atoms with Crippen molar-refractivity contribution in [1.82, 2.24) is 0 Å². The zero-order valence-electron chi connectivity index (χ0n) is 13.0. The van der Waals surface area contributed by atoms with Gasteiger partial charge in [-0.2, -0.15) is 12.6 Å². The van der Waals surface area contributed by atoms with E-state index in [0.717, 1.165) is 31.0 Å². The molecule has 19 heavy (non-hydrogen) atoms. The summed E-state index contributed by atoms with van der Waals surface area (Å²) in [5, 5.41) is 0. The lowest BCUT2D eigenvalue weighted by Gasteiger charge is -2.31. The molecule has 0 N–H and O–H groups in total. The Hall–Kier alpha value is -0.630. The third kappa shape index (κ3) is 4.17. The Labute approximate surface area is 124 Å². The van der Waals surface area contributed by atoms with E-state index in [1.807, 2.05) is 6.07 Å². The fraction of sp³-hybridized carbons (Fsp3) is 0.647. The molecular weight excluding hydrogens is 252 g/mol. The number of hydrogen-bond donors (Lipinski definition) is 1. The topological polar surface area (TPSA) is 9.23 Å². The highest BCUT2D eigenvalue weighted by molar-refractivity contribution is 7.80. The lowest BCUT2D eigenvalue weighted by molar-refractivity contribution is 0.154. The van der Waals surface area contributed by atoms with Gasteiger partial charge in [-0.15, -0.1) is 0 Å². The largest absolute Gasteiger partial charge is 0.493 e. The van der Waals surface area contributed by atoms with E-state index < -0.39 is 0 Å². The predicted octanol–water partition coefficient (Wildman–Crippen LogP) is 5.10. The summed E-state index contributed by atoms with van der Waals surface area (Å²) in [6.45, 7) is 11.9. The number of ether oxygens (including phenoxy) is 1. The van der Waals surface area contributed by atoms with Crippen LogP contribution in [0.2, 0.25) is 0 Å². The van der Waals surface area contributed by atoms with E-state index in [9.17, 15) is 0 Å². The first-order valence-electron chi connectivity index (χ1n) is 7.21. The summed E-state index contributed by atoms with van der Waals surface area (Å²) in [5.41, 5.74) is 1.57. The molecule has 1 aromatic carbocycles. The summed E-state index contributed by atoms with van der Waals surface area (Å²) in [6.07, 6.45) is 2.20. The number of benzene rings is 1. The van der Waals surface area contributed by atoms with E-state index in [1.165, 1.54) is 5.56 Å². The van der Waals surface area contributed by atoms with E-state index in [2.05, 4.69) is 65.4 Å². The highest BCUT2D eigenvalue weighted by Gasteiger charge is 2.26. The fourth-order valence-electron chi connectivity index (χ4n) is 2.17. The molecule has 0 spiro atoms. The molecule has 0 heterocycles. The Morgan fingerprint density at radius 3 is 2.11 bits per heavy atom. The monoisotopic (exact) mass is 280 g/mol. The Bertz CT molecular complexity index is 380. The minimum Gasteiger partial charge on any atom is -0.493 e. The molecule has 0 saturated carbocycles. The smallest absolute Gasteiger partial charge is 0.123 e. The van der Waals surface area contributed by atoms with Gasteiger partial charge in [0.05, 0.1) is 6.61 Å². The van der Waals surface area contributed by atoms with E-state index in [4.69, 9.17) is 4.74 Å². The molecule has 1 aromatic rings. The first-order valence-corrected chi connectivity index (χ1v) is 7.85. The van der Waals surface area contributed by atoms with Crippen molar-refractivity contribution in [3.05, 3.63) is 29.8 Å².